The summed E-state index contributed by atoms with van der Waals surface area (Å²) in [6.45, 7) is 4.91. The molecular formula is C15H22BrN. The van der Waals surface area contributed by atoms with E-state index >= 15 is 0 Å². The van der Waals surface area contributed by atoms with Crippen LogP contribution in [0.1, 0.15) is 25.3 Å². The Balaban J connectivity index is 1.75. The molecule has 1 heterocycles. The van der Waals surface area contributed by atoms with Gasteiger partial charge in [0.25, 0.3) is 0 Å². The van der Waals surface area contributed by atoms with E-state index in [0.29, 0.717) is 0 Å². The molecule has 2 unspecified atom stereocenters. The summed E-state index contributed by atoms with van der Waals surface area (Å²) in [5.41, 5.74) is 1.47. The lowest BCUT2D eigenvalue weighted by atomic mass is 10.0. The minimum atomic E-state index is 0.755. The highest BCUT2D eigenvalue weighted by Crippen LogP contribution is 2.25. The van der Waals surface area contributed by atoms with Gasteiger partial charge in [-0.2, -0.15) is 0 Å². The van der Waals surface area contributed by atoms with Crippen molar-refractivity contribution >= 4 is 15.9 Å². The van der Waals surface area contributed by atoms with Crippen LogP contribution in [0, 0.1) is 5.92 Å². The highest BCUT2D eigenvalue weighted by Gasteiger charge is 2.29. The molecule has 1 aromatic rings. The summed E-state index contributed by atoms with van der Waals surface area (Å²) in [5, 5.41) is 1.12. The first-order valence-corrected chi connectivity index (χ1v) is 7.77. The van der Waals surface area contributed by atoms with Gasteiger partial charge in [0.2, 0.25) is 0 Å². The molecule has 17 heavy (non-hydrogen) atoms. The lowest BCUT2D eigenvalue weighted by Crippen LogP contribution is -2.34. The molecule has 94 valence electrons. The van der Waals surface area contributed by atoms with E-state index in [1.165, 1.54) is 37.9 Å². The van der Waals surface area contributed by atoms with E-state index in [-0.39, 0.29) is 0 Å². The van der Waals surface area contributed by atoms with Crippen LogP contribution >= 0.6 is 15.9 Å². The van der Waals surface area contributed by atoms with Crippen LogP contribution in [0.5, 0.6) is 0 Å². The number of rotatable bonds is 5. The van der Waals surface area contributed by atoms with Crippen LogP contribution in [0.15, 0.2) is 30.3 Å². The molecule has 0 saturated carbocycles. The summed E-state index contributed by atoms with van der Waals surface area (Å²) in [5.74, 6) is 0.853. The molecule has 0 bridgehead atoms. The van der Waals surface area contributed by atoms with Crippen molar-refractivity contribution < 1.29 is 0 Å². The predicted octanol–water partition coefficient (Wildman–Crippen LogP) is 3.72. The number of hydrogen-bond acceptors (Lipinski definition) is 1. The van der Waals surface area contributed by atoms with Gasteiger partial charge in [0, 0.05) is 11.4 Å². The highest BCUT2D eigenvalue weighted by atomic mass is 79.9. The Morgan fingerprint density at radius 3 is 2.76 bits per heavy atom. The van der Waals surface area contributed by atoms with Crippen molar-refractivity contribution in [2.24, 2.45) is 5.92 Å². The van der Waals surface area contributed by atoms with E-state index in [4.69, 9.17) is 0 Å². The second-order valence-electron chi connectivity index (χ2n) is 5.11. The van der Waals surface area contributed by atoms with E-state index in [0.717, 1.165) is 17.3 Å². The molecule has 1 aliphatic rings. The molecule has 1 saturated heterocycles. The summed E-state index contributed by atoms with van der Waals surface area (Å²) < 4.78 is 0. The van der Waals surface area contributed by atoms with Gasteiger partial charge >= 0.3 is 0 Å². The molecule has 1 fully saturated rings. The van der Waals surface area contributed by atoms with Crippen molar-refractivity contribution in [3.63, 3.8) is 0 Å². The summed E-state index contributed by atoms with van der Waals surface area (Å²) in [6.07, 6.45) is 3.85. The van der Waals surface area contributed by atoms with Gasteiger partial charge in [0.1, 0.15) is 0 Å². The first-order chi connectivity index (χ1) is 8.31. The van der Waals surface area contributed by atoms with Crippen LogP contribution in [-0.2, 0) is 6.42 Å². The van der Waals surface area contributed by atoms with E-state index in [9.17, 15) is 0 Å². The zero-order chi connectivity index (χ0) is 12.1. The van der Waals surface area contributed by atoms with Crippen molar-refractivity contribution in [1.82, 2.24) is 4.90 Å². The Labute approximate surface area is 113 Å². The van der Waals surface area contributed by atoms with Crippen LogP contribution < -0.4 is 0 Å². The zero-order valence-corrected chi connectivity index (χ0v) is 12.2. The molecule has 1 aromatic carbocycles. The number of likely N-dealkylation sites (tertiary alicyclic amines) is 1. The number of halogens is 1. The van der Waals surface area contributed by atoms with Gasteiger partial charge in [-0.05, 0) is 43.8 Å². The fourth-order valence-corrected chi connectivity index (χ4v) is 3.79. The standard InChI is InChI=1S/C15H22BrN/c1-13-9-11-17(15(13)12-16)10-5-8-14-6-3-2-4-7-14/h2-4,6-7,13,15H,5,8-12H2,1H3. The minimum Gasteiger partial charge on any atom is -0.299 e. The third-order valence-corrected chi connectivity index (χ3v) is 4.57. The molecule has 1 aliphatic heterocycles. The molecule has 0 spiro atoms. The Kier molecular flexibility index (Phi) is 5.05. The topological polar surface area (TPSA) is 3.24 Å². The van der Waals surface area contributed by atoms with Gasteiger partial charge in [-0.25, -0.2) is 0 Å². The maximum atomic E-state index is 3.65. The quantitative estimate of drug-likeness (QED) is 0.748. The maximum absolute atomic E-state index is 3.65. The second-order valence-corrected chi connectivity index (χ2v) is 5.76. The van der Waals surface area contributed by atoms with Crippen molar-refractivity contribution in [2.75, 3.05) is 18.4 Å². The summed E-state index contributed by atoms with van der Waals surface area (Å²) in [6, 6.07) is 11.6. The van der Waals surface area contributed by atoms with Crippen LogP contribution in [0.3, 0.4) is 0 Å². The average Bonchev–Trinajstić information content (AvgIpc) is 2.71. The summed E-state index contributed by atoms with van der Waals surface area (Å²) in [4.78, 5) is 2.66. The van der Waals surface area contributed by atoms with Gasteiger partial charge in [-0.3, -0.25) is 4.90 Å². The molecule has 0 N–H and O–H groups in total. The van der Waals surface area contributed by atoms with Crippen LogP contribution in [0.4, 0.5) is 0 Å². The number of alkyl halides is 1. The lowest BCUT2D eigenvalue weighted by molar-refractivity contribution is 0.250. The highest BCUT2D eigenvalue weighted by molar-refractivity contribution is 9.09. The molecule has 0 radical (unpaired) electrons. The molecule has 0 aromatic heterocycles. The van der Waals surface area contributed by atoms with Crippen LogP contribution in [0.2, 0.25) is 0 Å². The van der Waals surface area contributed by atoms with E-state index in [1.54, 1.807) is 0 Å². The number of benzene rings is 1. The molecule has 2 atom stereocenters. The van der Waals surface area contributed by atoms with Gasteiger partial charge in [-0.15, -0.1) is 0 Å². The molecule has 0 amide bonds. The van der Waals surface area contributed by atoms with Crippen molar-refractivity contribution in [3.8, 4) is 0 Å². The summed E-state index contributed by atoms with van der Waals surface area (Å²) >= 11 is 3.65. The Morgan fingerprint density at radius 1 is 1.29 bits per heavy atom. The average molecular weight is 296 g/mol. The van der Waals surface area contributed by atoms with E-state index < -0.39 is 0 Å². The Hall–Kier alpha value is -0.340. The molecule has 1 nitrogen and oxygen atoms in total. The summed E-state index contributed by atoms with van der Waals surface area (Å²) in [7, 11) is 0. The van der Waals surface area contributed by atoms with E-state index in [2.05, 4.69) is 58.1 Å². The fourth-order valence-electron chi connectivity index (χ4n) is 2.75. The van der Waals surface area contributed by atoms with Gasteiger partial charge in [0.15, 0.2) is 0 Å². The van der Waals surface area contributed by atoms with Crippen molar-refractivity contribution in [3.05, 3.63) is 35.9 Å². The maximum Gasteiger partial charge on any atom is 0.0218 e. The minimum absolute atomic E-state index is 0.755. The SMILES string of the molecule is CC1CCN(CCCc2ccccc2)C1CBr. The predicted molar refractivity (Wildman–Crippen MR) is 77.7 cm³/mol. The van der Waals surface area contributed by atoms with Crippen molar-refractivity contribution in [1.29, 1.82) is 0 Å². The normalized spacial score (nSPS) is 25.3. The third kappa shape index (κ3) is 3.56. The smallest absolute Gasteiger partial charge is 0.0218 e. The molecular weight excluding hydrogens is 274 g/mol. The van der Waals surface area contributed by atoms with Crippen molar-refractivity contribution in [2.45, 2.75) is 32.2 Å². The van der Waals surface area contributed by atoms with Gasteiger partial charge in [-0.1, -0.05) is 53.2 Å². The molecule has 2 heteroatoms. The zero-order valence-electron chi connectivity index (χ0n) is 10.6. The first-order valence-electron chi connectivity index (χ1n) is 6.65. The van der Waals surface area contributed by atoms with Crippen LogP contribution in [-0.4, -0.2) is 29.4 Å². The molecule has 2 rings (SSSR count). The number of hydrogen-bond donors (Lipinski definition) is 0. The second kappa shape index (κ2) is 6.55. The first kappa shape index (κ1) is 13.1. The monoisotopic (exact) mass is 295 g/mol. The van der Waals surface area contributed by atoms with E-state index in [1.807, 2.05) is 0 Å². The van der Waals surface area contributed by atoms with Crippen LogP contribution in [0.25, 0.3) is 0 Å². The Morgan fingerprint density at radius 2 is 2.06 bits per heavy atom. The van der Waals surface area contributed by atoms with Gasteiger partial charge < -0.3 is 0 Å². The lowest BCUT2D eigenvalue weighted by Gasteiger charge is -2.24. The third-order valence-electron chi connectivity index (χ3n) is 3.91. The fraction of sp³-hybridized carbons (Fsp3) is 0.600. The van der Waals surface area contributed by atoms with Gasteiger partial charge in [0.05, 0.1) is 0 Å². The Bertz CT molecular complexity index is 325. The number of aryl methyl sites for hydroxylation is 1. The number of nitrogens with zero attached hydrogens (tertiary/aromatic N) is 1. The molecule has 0 aliphatic carbocycles. The largest absolute Gasteiger partial charge is 0.299 e.